The Morgan fingerprint density at radius 1 is 1.08 bits per heavy atom. The van der Waals surface area contributed by atoms with Crippen LogP contribution in [0.3, 0.4) is 0 Å². The van der Waals surface area contributed by atoms with E-state index in [0.717, 1.165) is 21.4 Å². The molecule has 1 aromatic heterocycles. The van der Waals surface area contributed by atoms with Gasteiger partial charge in [0.2, 0.25) is 0 Å². The van der Waals surface area contributed by atoms with Crippen LogP contribution < -0.4 is 0 Å². The third-order valence-electron chi connectivity index (χ3n) is 3.74. The lowest BCUT2D eigenvalue weighted by Crippen LogP contribution is -2.18. The topological polar surface area (TPSA) is 39.2 Å². The minimum atomic E-state index is -0.630. The van der Waals surface area contributed by atoms with Crippen LogP contribution in [0.15, 0.2) is 59.6 Å². The highest BCUT2D eigenvalue weighted by Crippen LogP contribution is 2.38. The molecule has 4 heteroatoms. The summed E-state index contributed by atoms with van der Waals surface area (Å²) in [4.78, 5) is 15.6. The summed E-state index contributed by atoms with van der Waals surface area (Å²) in [6, 6.07) is 16.7. The van der Waals surface area contributed by atoms with E-state index in [1.165, 1.54) is 22.9 Å². The highest BCUT2D eigenvalue weighted by Gasteiger charge is 2.21. The number of rotatable bonds is 5. The fraction of sp³-hybridized carbons (Fsp3) is 0.200. The van der Waals surface area contributed by atoms with Crippen molar-refractivity contribution in [2.24, 2.45) is 0 Å². The first kappa shape index (κ1) is 16.5. The van der Waals surface area contributed by atoms with E-state index in [0.29, 0.717) is 6.47 Å². The van der Waals surface area contributed by atoms with Crippen molar-refractivity contribution in [1.82, 2.24) is 4.98 Å². The van der Waals surface area contributed by atoms with Gasteiger partial charge in [0, 0.05) is 16.5 Å². The number of aromatic nitrogens is 1. The molecular formula is C20H19NO2S. The third kappa shape index (κ3) is 3.60. The Labute approximate surface area is 146 Å². The number of hydrogen-bond donors (Lipinski definition) is 0. The Hall–Kier alpha value is -2.33. The predicted molar refractivity (Wildman–Crippen MR) is 99.0 cm³/mol. The Morgan fingerprint density at radius 3 is 2.62 bits per heavy atom. The maximum absolute atomic E-state index is 10.7. The molecular weight excluding hydrogens is 318 g/mol. The summed E-state index contributed by atoms with van der Waals surface area (Å²) in [6.07, 6.45) is 1.79. The van der Waals surface area contributed by atoms with Crippen molar-refractivity contribution in [3.8, 4) is 11.1 Å². The van der Waals surface area contributed by atoms with Gasteiger partial charge in [0.05, 0.1) is 5.52 Å². The highest BCUT2D eigenvalue weighted by molar-refractivity contribution is 8.00. The smallest absolute Gasteiger partial charge is 0.294 e. The van der Waals surface area contributed by atoms with Crippen LogP contribution in [-0.2, 0) is 9.53 Å². The monoisotopic (exact) mass is 337 g/mol. The lowest BCUT2D eigenvalue weighted by Gasteiger charge is -2.22. The van der Waals surface area contributed by atoms with Crippen molar-refractivity contribution in [1.29, 1.82) is 0 Å². The first-order valence-electron chi connectivity index (χ1n) is 7.75. The maximum Gasteiger partial charge on any atom is 0.294 e. The zero-order valence-corrected chi connectivity index (χ0v) is 14.8. The number of carbonyl (C=O) groups excluding carboxylic acids is 1. The number of benzene rings is 2. The molecule has 0 amide bonds. The zero-order valence-electron chi connectivity index (χ0n) is 13.9. The van der Waals surface area contributed by atoms with E-state index in [4.69, 9.17) is 4.74 Å². The van der Waals surface area contributed by atoms with Gasteiger partial charge in [0.15, 0.2) is 4.93 Å². The molecule has 3 nitrogen and oxygen atoms in total. The second-order valence-electron chi connectivity index (χ2n) is 6.13. The highest BCUT2D eigenvalue weighted by atomic mass is 32.2. The molecule has 122 valence electrons. The Balaban J connectivity index is 2.08. The fourth-order valence-electron chi connectivity index (χ4n) is 2.62. The SMILES string of the molecule is Cc1cccc(-c2ccc3nccc(SC(C)(C)OC=O)c3c2)c1. The number of carbonyl (C=O) groups is 1. The van der Waals surface area contributed by atoms with Gasteiger partial charge in [-0.05, 0) is 50.1 Å². The van der Waals surface area contributed by atoms with E-state index in [1.807, 2.05) is 26.0 Å². The van der Waals surface area contributed by atoms with E-state index >= 15 is 0 Å². The van der Waals surface area contributed by atoms with E-state index in [1.54, 1.807) is 6.20 Å². The summed E-state index contributed by atoms with van der Waals surface area (Å²) in [5.74, 6) is 0. The zero-order chi connectivity index (χ0) is 17.2. The van der Waals surface area contributed by atoms with E-state index in [-0.39, 0.29) is 0 Å². The number of hydrogen-bond acceptors (Lipinski definition) is 4. The molecule has 0 spiro atoms. The summed E-state index contributed by atoms with van der Waals surface area (Å²) in [5, 5.41) is 1.06. The van der Waals surface area contributed by atoms with Gasteiger partial charge in [-0.2, -0.15) is 0 Å². The molecule has 0 atom stereocenters. The molecule has 0 radical (unpaired) electrons. The van der Waals surface area contributed by atoms with E-state index < -0.39 is 4.93 Å². The Kier molecular flexibility index (Phi) is 4.58. The van der Waals surface area contributed by atoms with Crippen molar-refractivity contribution in [3.63, 3.8) is 0 Å². The van der Waals surface area contributed by atoms with Gasteiger partial charge in [-0.15, -0.1) is 0 Å². The van der Waals surface area contributed by atoms with E-state index in [9.17, 15) is 4.79 Å². The normalized spacial score (nSPS) is 11.5. The van der Waals surface area contributed by atoms with Crippen molar-refractivity contribution in [3.05, 3.63) is 60.3 Å². The molecule has 0 N–H and O–H groups in total. The van der Waals surface area contributed by atoms with Crippen LogP contribution in [0.4, 0.5) is 0 Å². The number of fused-ring (bicyclic) bond motifs is 1. The molecule has 0 aliphatic carbocycles. The molecule has 0 fully saturated rings. The van der Waals surface area contributed by atoms with E-state index in [2.05, 4.69) is 48.3 Å². The molecule has 0 saturated heterocycles. The molecule has 3 rings (SSSR count). The standard InChI is InChI=1S/C20H19NO2S/c1-14-5-4-6-15(11-14)16-7-8-18-17(12-16)19(9-10-21-18)24-20(2,3)23-13-22/h4-13H,1-3H3. The first-order chi connectivity index (χ1) is 11.5. The second-order valence-corrected chi connectivity index (χ2v) is 7.75. The van der Waals surface area contributed by atoms with Gasteiger partial charge in [-0.3, -0.25) is 9.78 Å². The largest absolute Gasteiger partial charge is 0.450 e. The van der Waals surface area contributed by atoms with Gasteiger partial charge in [-0.25, -0.2) is 0 Å². The molecule has 0 bridgehead atoms. The summed E-state index contributed by atoms with van der Waals surface area (Å²) in [5.41, 5.74) is 4.49. The molecule has 2 aromatic carbocycles. The number of thioether (sulfide) groups is 1. The maximum atomic E-state index is 10.7. The van der Waals surface area contributed by atoms with Gasteiger partial charge in [-0.1, -0.05) is 47.7 Å². The van der Waals surface area contributed by atoms with Gasteiger partial charge in [0.1, 0.15) is 0 Å². The second kappa shape index (κ2) is 6.65. The summed E-state index contributed by atoms with van der Waals surface area (Å²) in [6.45, 7) is 6.34. The minimum absolute atomic E-state index is 0.495. The van der Waals surface area contributed by atoms with Gasteiger partial charge < -0.3 is 4.74 Å². The molecule has 24 heavy (non-hydrogen) atoms. The van der Waals surface area contributed by atoms with Crippen molar-refractivity contribution < 1.29 is 9.53 Å². The first-order valence-corrected chi connectivity index (χ1v) is 8.56. The average Bonchev–Trinajstić information content (AvgIpc) is 2.54. The molecule has 0 aliphatic heterocycles. The van der Waals surface area contributed by atoms with Crippen LogP contribution >= 0.6 is 11.8 Å². The lowest BCUT2D eigenvalue weighted by molar-refractivity contribution is -0.133. The predicted octanol–water partition coefficient (Wildman–Crippen LogP) is 5.21. The van der Waals surface area contributed by atoms with Crippen molar-refractivity contribution >= 4 is 29.1 Å². The van der Waals surface area contributed by atoms with Gasteiger partial charge in [0.25, 0.3) is 6.47 Å². The quantitative estimate of drug-likeness (QED) is 0.364. The lowest BCUT2D eigenvalue weighted by atomic mass is 10.0. The number of ether oxygens (including phenoxy) is 1. The van der Waals surface area contributed by atoms with Crippen LogP contribution in [0.5, 0.6) is 0 Å². The van der Waals surface area contributed by atoms with Gasteiger partial charge >= 0.3 is 0 Å². The Morgan fingerprint density at radius 2 is 1.88 bits per heavy atom. The Bertz CT molecular complexity index is 890. The molecule has 3 aromatic rings. The van der Waals surface area contributed by atoms with Crippen molar-refractivity contribution in [2.45, 2.75) is 30.6 Å². The fourth-order valence-corrected chi connectivity index (χ4v) is 3.64. The minimum Gasteiger partial charge on any atom is -0.450 e. The number of pyridine rings is 1. The molecule has 0 unspecified atom stereocenters. The van der Waals surface area contributed by atoms with Crippen LogP contribution in [0.1, 0.15) is 19.4 Å². The summed E-state index contributed by atoms with van der Waals surface area (Å²) in [7, 11) is 0. The van der Waals surface area contributed by atoms with Crippen LogP contribution in [0.25, 0.3) is 22.0 Å². The summed E-state index contributed by atoms with van der Waals surface area (Å²) >= 11 is 1.51. The number of aryl methyl sites for hydroxylation is 1. The average molecular weight is 337 g/mol. The van der Waals surface area contributed by atoms with Crippen LogP contribution in [0.2, 0.25) is 0 Å². The van der Waals surface area contributed by atoms with Crippen LogP contribution in [-0.4, -0.2) is 16.4 Å². The van der Waals surface area contributed by atoms with Crippen LogP contribution in [0, 0.1) is 6.92 Å². The van der Waals surface area contributed by atoms with Crippen molar-refractivity contribution in [2.75, 3.05) is 0 Å². The molecule has 1 heterocycles. The third-order valence-corrected chi connectivity index (χ3v) is 4.90. The molecule has 0 aliphatic rings. The molecule has 0 saturated carbocycles. The number of nitrogens with zero attached hydrogens (tertiary/aromatic N) is 1. The summed E-state index contributed by atoms with van der Waals surface area (Å²) < 4.78 is 5.17.